The van der Waals surface area contributed by atoms with Crippen LogP contribution in [0.25, 0.3) is 0 Å². The summed E-state index contributed by atoms with van der Waals surface area (Å²) in [5.74, 6) is 1.23. The maximum absolute atomic E-state index is 14.2. The van der Waals surface area contributed by atoms with E-state index in [4.69, 9.17) is 25.2 Å². The number of aliphatic imine (C=N–C) groups is 3. The Labute approximate surface area is 191 Å². The fourth-order valence-corrected chi connectivity index (χ4v) is 6.21. The number of nitrogens with two attached hydrogens (primary N) is 1. The van der Waals surface area contributed by atoms with Gasteiger partial charge in [0.25, 0.3) is 6.43 Å². The Morgan fingerprint density at radius 3 is 2.30 bits per heavy atom. The predicted octanol–water partition coefficient (Wildman–Crippen LogP) is 0.923. The molecule has 0 aromatic heterocycles. The maximum atomic E-state index is 14.2. The molecular weight excluding hydrogens is 432 g/mol. The van der Waals surface area contributed by atoms with Crippen LogP contribution in [-0.4, -0.2) is 97.3 Å². The summed E-state index contributed by atoms with van der Waals surface area (Å²) >= 11 is 0. The van der Waals surface area contributed by atoms with Crippen LogP contribution in [0.15, 0.2) is 26.6 Å². The quantitative estimate of drug-likeness (QED) is 0.646. The molecule has 0 radical (unpaired) electrons. The van der Waals surface area contributed by atoms with Gasteiger partial charge in [-0.25, -0.2) is 13.8 Å². The first-order valence-corrected chi connectivity index (χ1v) is 11.9. The molecule has 6 aliphatic heterocycles. The molecule has 6 unspecified atom stereocenters. The molecule has 180 valence electrons. The normalized spacial score (nSPS) is 40.8. The molecule has 4 saturated heterocycles. The van der Waals surface area contributed by atoms with E-state index in [2.05, 4.69) is 20.1 Å². The van der Waals surface area contributed by atoms with Crippen molar-refractivity contribution in [3.05, 3.63) is 11.6 Å². The van der Waals surface area contributed by atoms with Gasteiger partial charge in [0.15, 0.2) is 6.29 Å². The van der Waals surface area contributed by atoms with E-state index in [0.717, 1.165) is 25.7 Å². The number of nitrogens with zero attached hydrogens (tertiary/aromatic N) is 5. The van der Waals surface area contributed by atoms with E-state index in [1.165, 1.54) is 6.08 Å². The molecule has 6 heterocycles. The number of guanidine groups is 1. The largest absolute Gasteiger partial charge is 0.384 e. The summed E-state index contributed by atoms with van der Waals surface area (Å²) in [5, 5.41) is 3.44. The number of dihydropyridines is 1. The van der Waals surface area contributed by atoms with Crippen molar-refractivity contribution in [2.45, 2.75) is 69.5 Å². The summed E-state index contributed by atoms with van der Waals surface area (Å²) < 4.78 is 39.9. The van der Waals surface area contributed by atoms with E-state index >= 15 is 0 Å². The lowest BCUT2D eigenvalue weighted by Crippen LogP contribution is -2.62. The molecule has 6 aliphatic rings. The molecule has 6 rings (SSSR count). The zero-order chi connectivity index (χ0) is 22.7. The summed E-state index contributed by atoms with van der Waals surface area (Å²) in [4.78, 5) is 18.9. The third kappa shape index (κ3) is 3.47. The van der Waals surface area contributed by atoms with Gasteiger partial charge in [-0.2, -0.15) is 4.99 Å². The van der Waals surface area contributed by atoms with Crippen molar-refractivity contribution < 1.29 is 18.3 Å². The van der Waals surface area contributed by atoms with Crippen molar-refractivity contribution in [2.24, 2.45) is 26.1 Å². The molecule has 4 fully saturated rings. The summed E-state index contributed by atoms with van der Waals surface area (Å²) in [5.41, 5.74) is 4.65. The smallest absolute Gasteiger partial charge is 0.261 e. The number of amidine groups is 2. The minimum Gasteiger partial charge on any atom is -0.384 e. The second-order valence-electron chi connectivity index (χ2n) is 10.1. The molecule has 4 bridgehead atoms. The average molecular weight is 464 g/mol. The highest BCUT2D eigenvalue weighted by atomic mass is 19.3. The van der Waals surface area contributed by atoms with E-state index in [9.17, 15) is 8.78 Å². The lowest BCUT2D eigenvalue weighted by molar-refractivity contribution is -0.0392. The Balaban J connectivity index is 1.40. The zero-order valence-electron chi connectivity index (χ0n) is 18.8. The Morgan fingerprint density at radius 1 is 1.06 bits per heavy atom. The van der Waals surface area contributed by atoms with Crippen LogP contribution in [0.1, 0.15) is 32.6 Å². The topological polar surface area (TPSA) is 100 Å². The Bertz CT molecular complexity index is 906. The number of hydrogen-bond acceptors (Lipinski definition) is 9. The highest BCUT2D eigenvalue weighted by Gasteiger charge is 2.49. The zero-order valence-corrected chi connectivity index (χ0v) is 18.8. The van der Waals surface area contributed by atoms with Crippen LogP contribution in [0.2, 0.25) is 0 Å². The SMILES string of the molecule is CC1(C2=NC(N3C4CCC3COC4)=NC(N3C4CCC3COC4)N2)CN=C(N)C=C1C(F)F. The van der Waals surface area contributed by atoms with Gasteiger partial charge in [-0.3, -0.25) is 9.89 Å². The lowest BCUT2D eigenvalue weighted by Gasteiger charge is -2.45. The van der Waals surface area contributed by atoms with Gasteiger partial charge in [-0.15, -0.1) is 0 Å². The molecule has 6 atom stereocenters. The van der Waals surface area contributed by atoms with Gasteiger partial charge in [0.2, 0.25) is 5.96 Å². The molecule has 0 aromatic carbocycles. The summed E-state index contributed by atoms with van der Waals surface area (Å²) in [6.45, 7) is 4.49. The maximum Gasteiger partial charge on any atom is 0.261 e. The molecule has 33 heavy (non-hydrogen) atoms. The molecule has 0 aliphatic carbocycles. The lowest BCUT2D eigenvalue weighted by atomic mass is 9.78. The van der Waals surface area contributed by atoms with Crippen molar-refractivity contribution in [2.75, 3.05) is 33.0 Å². The molecule has 11 heteroatoms. The number of hydrogen-bond donors (Lipinski definition) is 2. The van der Waals surface area contributed by atoms with Gasteiger partial charge in [0, 0.05) is 17.7 Å². The van der Waals surface area contributed by atoms with E-state index in [1.807, 2.05) is 0 Å². The minimum absolute atomic E-state index is 0.0591. The molecule has 0 aromatic rings. The number of halogens is 2. The van der Waals surface area contributed by atoms with Gasteiger partial charge in [-0.05, 0) is 38.7 Å². The van der Waals surface area contributed by atoms with E-state index in [-0.39, 0.29) is 48.4 Å². The number of fused-ring (bicyclic) bond motifs is 4. The second-order valence-corrected chi connectivity index (χ2v) is 10.1. The fraction of sp³-hybridized carbons (Fsp3) is 0.773. The Morgan fingerprint density at radius 2 is 1.67 bits per heavy atom. The molecule has 0 saturated carbocycles. The van der Waals surface area contributed by atoms with Crippen LogP contribution in [0.4, 0.5) is 8.78 Å². The number of rotatable bonds is 3. The fourth-order valence-electron chi connectivity index (χ4n) is 6.21. The van der Waals surface area contributed by atoms with Gasteiger partial charge in [0.1, 0.15) is 11.7 Å². The average Bonchev–Trinajstić information content (AvgIpc) is 3.21. The monoisotopic (exact) mass is 463 g/mol. The van der Waals surface area contributed by atoms with Crippen LogP contribution in [-0.2, 0) is 9.47 Å². The molecule has 0 spiro atoms. The van der Waals surface area contributed by atoms with Crippen LogP contribution < -0.4 is 11.1 Å². The minimum atomic E-state index is -2.66. The van der Waals surface area contributed by atoms with Gasteiger partial charge < -0.3 is 25.4 Å². The van der Waals surface area contributed by atoms with Crippen LogP contribution in [0.3, 0.4) is 0 Å². The molecule has 3 N–H and O–H groups in total. The van der Waals surface area contributed by atoms with E-state index < -0.39 is 11.8 Å². The third-order valence-corrected chi connectivity index (χ3v) is 8.04. The van der Waals surface area contributed by atoms with E-state index in [1.54, 1.807) is 6.92 Å². The van der Waals surface area contributed by atoms with Crippen molar-refractivity contribution >= 4 is 17.6 Å². The molecule has 0 amide bonds. The Hall–Kier alpha value is -2.11. The van der Waals surface area contributed by atoms with Crippen molar-refractivity contribution in [1.82, 2.24) is 15.1 Å². The van der Waals surface area contributed by atoms with Gasteiger partial charge in [0.05, 0.1) is 50.5 Å². The predicted molar refractivity (Wildman–Crippen MR) is 119 cm³/mol. The molecular formula is C22H31F2N7O2. The number of nitrogens with one attached hydrogen (secondary N) is 1. The van der Waals surface area contributed by atoms with Gasteiger partial charge in [-0.1, -0.05) is 0 Å². The van der Waals surface area contributed by atoms with Gasteiger partial charge >= 0.3 is 0 Å². The third-order valence-electron chi connectivity index (χ3n) is 8.04. The van der Waals surface area contributed by atoms with Crippen LogP contribution >= 0.6 is 0 Å². The Kier molecular flexibility index (Phi) is 5.19. The summed E-state index contributed by atoms with van der Waals surface area (Å²) in [6.07, 6.45) is 2.40. The first kappa shape index (κ1) is 21.4. The van der Waals surface area contributed by atoms with Crippen LogP contribution in [0, 0.1) is 5.41 Å². The van der Waals surface area contributed by atoms with Crippen molar-refractivity contribution in [1.29, 1.82) is 0 Å². The molecule has 9 nitrogen and oxygen atoms in total. The van der Waals surface area contributed by atoms with Crippen molar-refractivity contribution in [3.63, 3.8) is 0 Å². The summed E-state index contributed by atoms with van der Waals surface area (Å²) in [7, 11) is 0. The van der Waals surface area contributed by atoms with Crippen LogP contribution in [0.5, 0.6) is 0 Å². The van der Waals surface area contributed by atoms with E-state index in [0.29, 0.717) is 38.2 Å². The highest BCUT2D eigenvalue weighted by Crippen LogP contribution is 2.39. The standard InChI is InChI=1S/C22H31F2N7O2/c1-22(11-26-17(25)6-16(22)18(23)24)19-27-20(30-12-2-3-13(30)8-32-7-12)29-21(28-19)31-14-4-5-15(31)10-33-9-14/h6,12-15,18,20H,2-5,7-11H2,1H3,(H2,25,26)(H,27,28,29). The first-order chi connectivity index (χ1) is 15.9. The first-order valence-electron chi connectivity index (χ1n) is 11.9. The number of morpholine rings is 2. The number of ether oxygens (including phenoxy) is 2. The van der Waals surface area contributed by atoms with Crippen molar-refractivity contribution in [3.8, 4) is 0 Å². The summed E-state index contributed by atoms with van der Waals surface area (Å²) in [6, 6.07) is 0.936. The number of alkyl halides is 2. The highest BCUT2D eigenvalue weighted by molar-refractivity contribution is 6.04. The second kappa shape index (κ2) is 7.99.